The summed E-state index contributed by atoms with van der Waals surface area (Å²) in [5.41, 5.74) is 2.20. The lowest BCUT2D eigenvalue weighted by Crippen LogP contribution is -2.42. The van der Waals surface area contributed by atoms with E-state index in [4.69, 9.17) is 11.6 Å². The number of nitrogens with zero attached hydrogens (tertiary/aromatic N) is 2. The molecule has 1 aliphatic heterocycles. The Morgan fingerprint density at radius 1 is 1.19 bits per heavy atom. The SMILES string of the molecule is Cc1c(Cl)cccc1NC(=O)c1nc(C(=O)NC(C)(C)C)n2c1CCCC2. The van der Waals surface area contributed by atoms with E-state index in [0.29, 0.717) is 28.8 Å². The average molecular weight is 389 g/mol. The molecule has 0 saturated carbocycles. The number of anilines is 1. The van der Waals surface area contributed by atoms with Crippen LogP contribution >= 0.6 is 11.6 Å². The highest BCUT2D eigenvalue weighted by Crippen LogP contribution is 2.26. The van der Waals surface area contributed by atoms with Crippen molar-refractivity contribution in [3.05, 3.63) is 46.0 Å². The molecule has 0 radical (unpaired) electrons. The number of imidazole rings is 1. The van der Waals surface area contributed by atoms with Crippen molar-refractivity contribution in [2.24, 2.45) is 0 Å². The fourth-order valence-electron chi connectivity index (χ4n) is 3.22. The van der Waals surface area contributed by atoms with E-state index < -0.39 is 0 Å². The molecular formula is C20H25ClN4O2. The van der Waals surface area contributed by atoms with Crippen LogP contribution in [0.4, 0.5) is 5.69 Å². The molecule has 2 amide bonds. The predicted octanol–water partition coefficient (Wildman–Crippen LogP) is 3.96. The van der Waals surface area contributed by atoms with Crippen LogP contribution in [0.2, 0.25) is 5.02 Å². The van der Waals surface area contributed by atoms with Gasteiger partial charge in [0.1, 0.15) is 0 Å². The number of carbonyl (C=O) groups excluding carboxylic acids is 2. The van der Waals surface area contributed by atoms with Crippen LogP contribution in [0.5, 0.6) is 0 Å². The molecule has 1 aliphatic rings. The summed E-state index contributed by atoms with van der Waals surface area (Å²) in [4.78, 5) is 30.0. The molecule has 0 bridgehead atoms. The summed E-state index contributed by atoms with van der Waals surface area (Å²) in [5, 5.41) is 6.41. The molecule has 0 unspecified atom stereocenters. The van der Waals surface area contributed by atoms with Crippen molar-refractivity contribution in [3.63, 3.8) is 0 Å². The third-order valence-corrected chi connectivity index (χ3v) is 4.95. The van der Waals surface area contributed by atoms with Crippen molar-refractivity contribution in [2.75, 3.05) is 5.32 Å². The third-order valence-electron chi connectivity index (χ3n) is 4.54. The molecule has 1 aromatic heterocycles. The van der Waals surface area contributed by atoms with Gasteiger partial charge in [0.25, 0.3) is 11.8 Å². The first kappa shape index (κ1) is 19.4. The van der Waals surface area contributed by atoms with Gasteiger partial charge in [0.15, 0.2) is 11.5 Å². The lowest BCUT2D eigenvalue weighted by Gasteiger charge is -2.22. The summed E-state index contributed by atoms with van der Waals surface area (Å²) in [6, 6.07) is 5.37. The minimum atomic E-state index is -0.377. The van der Waals surface area contributed by atoms with Crippen LogP contribution in [-0.2, 0) is 13.0 Å². The van der Waals surface area contributed by atoms with Gasteiger partial charge in [-0.1, -0.05) is 17.7 Å². The Morgan fingerprint density at radius 2 is 1.93 bits per heavy atom. The van der Waals surface area contributed by atoms with E-state index in [2.05, 4.69) is 15.6 Å². The maximum Gasteiger partial charge on any atom is 0.287 e. The molecule has 27 heavy (non-hydrogen) atoms. The number of amides is 2. The van der Waals surface area contributed by atoms with E-state index in [1.54, 1.807) is 18.2 Å². The fourth-order valence-corrected chi connectivity index (χ4v) is 3.39. The van der Waals surface area contributed by atoms with Gasteiger partial charge in [0, 0.05) is 22.8 Å². The average Bonchev–Trinajstić information content (AvgIpc) is 2.97. The van der Waals surface area contributed by atoms with Gasteiger partial charge in [-0.05, 0) is 64.7 Å². The fraction of sp³-hybridized carbons (Fsp3) is 0.450. The normalized spacial score (nSPS) is 13.8. The second kappa shape index (κ2) is 7.35. The van der Waals surface area contributed by atoms with Crippen molar-refractivity contribution in [1.82, 2.24) is 14.9 Å². The van der Waals surface area contributed by atoms with Crippen molar-refractivity contribution in [1.29, 1.82) is 0 Å². The molecular weight excluding hydrogens is 364 g/mol. The zero-order chi connectivity index (χ0) is 19.8. The Labute approximate surface area is 164 Å². The van der Waals surface area contributed by atoms with Crippen molar-refractivity contribution >= 4 is 29.1 Å². The van der Waals surface area contributed by atoms with Gasteiger partial charge < -0.3 is 15.2 Å². The van der Waals surface area contributed by atoms with Gasteiger partial charge >= 0.3 is 0 Å². The molecule has 2 N–H and O–H groups in total. The maximum absolute atomic E-state index is 12.9. The monoisotopic (exact) mass is 388 g/mol. The third kappa shape index (κ3) is 4.16. The van der Waals surface area contributed by atoms with Crippen LogP contribution in [0, 0.1) is 6.92 Å². The Morgan fingerprint density at radius 3 is 2.63 bits per heavy atom. The molecule has 6 nitrogen and oxygen atoms in total. The van der Waals surface area contributed by atoms with Gasteiger partial charge in [-0.3, -0.25) is 9.59 Å². The summed E-state index contributed by atoms with van der Waals surface area (Å²) < 4.78 is 1.88. The molecule has 2 heterocycles. The zero-order valence-corrected chi connectivity index (χ0v) is 16.9. The number of rotatable bonds is 3. The Hall–Kier alpha value is -2.34. The minimum absolute atomic E-state index is 0.261. The molecule has 0 fully saturated rings. The van der Waals surface area contributed by atoms with Crippen molar-refractivity contribution < 1.29 is 9.59 Å². The van der Waals surface area contributed by atoms with Crippen LogP contribution in [0.25, 0.3) is 0 Å². The van der Waals surface area contributed by atoms with Gasteiger partial charge in [-0.2, -0.15) is 0 Å². The summed E-state index contributed by atoms with van der Waals surface area (Å²) in [6.07, 6.45) is 2.67. The number of fused-ring (bicyclic) bond motifs is 1. The highest BCUT2D eigenvalue weighted by Gasteiger charge is 2.29. The standard InChI is InChI=1S/C20H25ClN4O2/c1-12-13(21)8-7-9-14(12)22-18(26)16-15-10-5-6-11-25(15)17(23-16)19(27)24-20(2,3)4/h7-9H,5-6,10-11H2,1-4H3,(H,22,26)(H,24,27). The van der Waals surface area contributed by atoms with Crippen LogP contribution in [0.15, 0.2) is 18.2 Å². The first-order chi connectivity index (χ1) is 12.7. The van der Waals surface area contributed by atoms with Crippen molar-refractivity contribution in [3.8, 4) is 0 Å². The lowest BCUT2D eigenvalue weighted by molar-refractivity contribution is 0.0903. The van der Waals surface area contributed by atoms with E-state index in [1.807, 2.05) is 32.3 Å². The largest absolute Gasteiger partial charge is 0.345 e. The van der Waals surface area contributed by atoms with E-state index in [1.165, 1.54) is 0 Å². The lowest BCUT2D eigenvalue weighted by atomic mass is 10.1. The van der Waals surface area contributed by atoms with Crippen LogP contribution < -0.4 is 10.6 Å². The Balaban J connectivity index is 1.94. The topological polar surface area (TPSA) is 76.0 Å². The number of halogens is 1. The molecule has 0 saturated heterocycles. The molecule has 0 spiro atoms. The quantitative estimate of drug-likeness (QED) is 0.835. The second-order valence-corrected chi connectivity index (χ2v) is 8.32. The summed E-state index contributed by atoms with van der Waals surface area (Å²) in [5.74, 6) is -0.281. The first-order valence-electron chi connectivity index (χ1n) is 9.16. The van der Waals surface area contributed by atoms with Crippen LogP contribution in [0.3, 0.4) is 0 Å². The molecule has 144 valence electrons. The number of aromatic nitrogens is 2. The summed E-state index contributed by atoms with van der Waals surface area (Å²) in [6.45, 7) is 8.29. The number of hydrogen-bond acceptors (Lipinski definition) is 3. The number of hydrogen-bond donors (Lipinski definition) is 2. The van der Waals surface area contributed by atoms with E-state index in [9.17, 15) is 9.59 Å². The van der Waals surface area contributed by atoms with Crippen molar-refractivity contribution in [2.45, 2.75) is 59.0 Å². The Kier molecular flexibility index (Phi) is 5.29. The molecule has 0 aliphatic carbocycles. The van der Waals surface area contributed by atoms with Crippen LogP contribution in [0.1, 0.15) is 66.0 Å². The summed E-state index contributed by atoms with van der Waals surface area (Å²) in [7, 11) is 0. The molecule has 1 aromatic carbocycles. The van der Waals surface area contributed by atoms with Gasteiger partial charge in [0.05, 0.1) is 5.69 Å². The van der Waals surface area contributed by atoms with Gasteiger partial charge in [0.2, 0.25) is 0 Å². The van der Waals surface area contributed by atoms with E-state index in [0.717, 1.165) is 30.5 Å². The number of carbonyl (C=O) groups is 2. The second-order valence-electron chi connectivity index (χ2n) is 7.91. The maximum atomic E-state index is 12.9. The summed E-state index contributed by atoms with van der Waals surface area (Å²) >= 11 is 6.14. The predicted molar refractivity (Wildman–Crippen MR) is 107 cm³/mol. The molecule has 7 heteroatoms. The minimum Gasteiger partial charge on any atom is -0.345 e. The van der Waals surface area contributed by atoms with Crippen LogP contribution in [-0.4, -0.2) is 26.9 Å². The first-order valence-corrected chi connectivity index (χ1v) is 9.53. The molecule has 2 aromatic rings. The molecule has 0 atom stereocenters. The van der Waals surface area contributed by atoms with Gasteiger partial charge in [-0.25, -0.2) is 4.98 Å². The highest BCUT2D eigenvalue weighted by molar-refractivity contribution is 6.31. The van der Waals surface area contributed by atoms with E-state index >= 15 is 0 Å². The van der Waals surface area contributed by atoms with E-state index in [-0.39, 0.29) is 17.4 Å². The molecule has 3 rings (SSSR count). The van der Waals surface area contributed by atoms with Gasteiger partial charge in [-0.15, -0.1) is 0 Å². The highest BCUT2D eigenvalue weighted by atomic mass is 35.5. The Bertz CT molecular complexity index is 896. The number of nitrogens with one attached hydrogen (secondary N) is 2. The smallest absolute Gasteiger partial charge is 0.287 e. The number of benzene rings is 1. The zero-order valence-electron chi connectivity index (χ0n) is 16.1.